The second kappa shape index (κ2) is 7.69. The highest BCUT2D eigenvalue weighted by molar-refractivity contribution is 7.71. The van der Waals surface area contributed by atoms with Gasteiger partial charge in [-0.15, -0.1) is 0 Å². The molecule has 8 nitrogen and oxygen atoms in total. The molecule has 9 heteroatoms. The van der Waals surface area contributed by atoms with E-state index >= 15 is 0 Å². The van der Waals surface area contributed by atoms with Crippen LogP contribution in [-0.4, -0.2) is 41.5 Å². The molecule has 1 amide bonds. The summed E-state index contributed by atoms with van der Waals surface area (Å²) in [6, 6.07) is 3.38. The van der Waals surface area contributed by atoms with Gasteiger partial charge in [-0.3, -0.25) is 14.2 Å². The minimum Gasteiger partial charge on any atom is -0.454 e. The molecular formula is C18H21N3O5S. The molecule has 2 aromatic rings. The van der Waals surface area contributed by atoms with Gasteiger partial charge in [0.25, 0.3) is 5.56 Å². The van der Waals surface area contributed by atoms with Crippen LogP contribution in [0.4, 0.5) is 0 Å². The monoisotopic (exact) mass is 391 g/mol. The van der Waals surface area contributed by atoms with Crippen LogP contribution in [0.15, 0.2) is 16.9 Å². The largest absolute Gasteiger partial charge is 0.454 e. The van der Waals surface area contributed by atoms with Crippen molar-refractivity contribution in [2.45, 2.75) is 38.3 Å². The highest BCUT2D eigenvalue weighted by Gasteiger charge is 2.18. The SMILES string of the molecule is O=C(CCCn1c(=S)[nH]c2cc3c(cc2c1=O)OCO3)NC[C@@H]1CCCO1. The van der Waals surface area contributed by atoms with Crippen molar-refractivity contribution in [3.8, 4) is 11.5 Å². The maximum atomic E-state index is 12.8. The van der Waals surface area contributed by atoms with Gasteiger partial charge in [-0.25, -0.2) is 0 Å². The Morgan fingerprint density at radius 3 is 2.93 bits per heavy atom. The van der Waals surface area contributed by atoms with Gasteiger partial charge in [0.2, 0.25) is 12.7 Å². The van der Waals surface area contributed by atoms with E-state index in [1.807, 2.05) is 0 Å². The Morgan fingerprint density at radius 2 is 2.15 bits per heavy atom. The lowest BCUT2D eigenvalue weighted by Crippen LogP contribution is -2.32. The fourth-order valence-electron chi connectivity index (χ4n) is 3.36. The van der Waals surface area contributed by atoms with Crippen molar-refractivity contribution < 1.29 is 19.0 Å². The van der Waals surface area contributed by atoms with Crippen LogP contribution in [0.3, 0.4) is 0 Å². The fraction of sp³-hybridized carbons (Fsp3) is 0.500. The lowest BCUT2D eigenvalue weighted by atomic mass is 10.2. The molecule has 0 aliphatic carbocycles. The Kier molecular flexibility index (Phi) is 5.13. The lowest BCUT2D eigenvalue weighted by Gasteiger charge is -2.11. The lowest BCUT2D eigenvalue weighted by molar-refractivity contribution is -0.121. The summed E-state index contributed by atoms with van der Waals surface area (Å²) in [5.74, 6) is 1.09. The number of aromatic amines is 1. The Morgan fingerprint density at radius 1 is 1.33 bits per heavy atom. The summed E-state index contributed by atoms with van der Waals surface area (Å²) in [6.07, 6.45) is 3.00. The fourth-order valence-corrected chi connectivity index (χ4v) is 3.65. The third kappa shape index (κ3) is 3.84. The van der Waals surface area contributed by atoms with E-state index in [9.17, 15) is 9.59 Å². The van der Waals surface area contributed by atoms with E-state index in [1.54, 1.807) is 12.1 Å². The van der Waals surface area contributed by atoms with Gasteiger partial charge in [0.15, 0.2) is 16.3 Å². The van der Waals surface area contributed by atoms with Crippen molar-refractivity contribution in [2.75, 3.05) is 19.9 Å². The molecule has 0 bridgehead atoms. The topological polar surface area (TPSA) is 94.6 Å². The second-order valence-electron chi connectivity index (χ2n) is 6.68. The Labute approximate surface area is 160 Å². The number of carbonyl (C=O) groups excluding carboxylic acids is 1. The summed E-state index contributed by atoms with van der Waals surface area (Å²) >= 11 is 5.32. The normalized spacial score (nSPS) is 18.1. The molecule has 0 spiro atoms. The van der Waals surface area contributed by atoms with Crippen LogP contribution in [0.1, 0.15) is 25.7 Å². The van der Waals surface area contributed by atoms with Crippen molar-refractivity contribution in [3.05, 3.63) is 27.3 Å². The van der Waals surface area contributed by atoms with Gasteiger partial charge in [0.1, 0.15) is 0 Å². The summed E-state index contributed by atoms with van der Waals surface area (Å²) in [5.41, 5.74) is 0.409. The van der Waals surface area contributed by atoms with E-state index in [0.29, 0.717) is 53.1 Å². The zero-order valence-corrected chi connectivity index (χ0v) is 15.6. The van der Waals surface area contributed by atoms with Crippen molar-refractivity contribution in [1.29, 1.82) is 0 Å². The van der Waals surface area contributed by atoms with E-state index < -0.39 is 0 Å². The van der Waals surface area contributed by atoms with Crippen molar-refractivity contribution in [1.82, 2.24) is 14.9 Å². The van der Waals surface area contributed by atoms with E-state index in [1.165, 1.54) is 4.57 Å². The summed E-state index contributed by atoms with van der Waals surface area (Å²) in [5, 5.41) is 3.36. The minimum absolute atomic E-state index is 0.0439. The maximum absolute atomic E-state index is 12.8. The molecule has 4 rings (SSSR count). The number of ether oxygens (including phenoxy) is 3. The van der Waals surface area contributed by atoms with Gasteiger partial charge in [-0.1, -0.05) is 0 Å². The zero-order chi connectivity index (χ0) is 18.8. The predicted octanol–water partition coefficient (Wildman–Crippen LogP) is 1.86. The van der Waals surface area contributed by atoms with Crippen LogP contribution in [0.5, 0.6) is 11.5 Å². The van der Waals surface area contributed by atoms with Gasteiger partial charge in [-0.2, -0.15) is 0 Å². The molecule has 27 heavy (non-hydrogen) atoms. The van der Waals surface area contributed by atoms with Crippen LogP contribution in [0.2, 0.25) is 0 Å². The minimum atomic E-state index is -0.202. The number of fused-ring (bicyclic) bond motifs is 2. The third-order valence-corrected chi connectivity index (χ3v) is 5.13. The average Bonchev–Trinajstić information content (AvgIpc) is 3.32. The van der Waals surface area contributed by atoms with Crippen molar-refractivity contribution in [2.24, 2.45) is 0 Å². The van der Waals surface area contributed by atoms with Crippen molar-refractivity contribution >= 4 is 29.0 Å². The smallest absolute Gasteiger partial charge is 0.262 e. The van der Waals surface area contributed by atoms with Crippen LogP contribution in [0, 0.1) is 4.77 Å². The molecule has 1 saturated heterocycles. The number of carbonyl (C=O) groups is 1. The van der Waals surface area contributed by atoms with Crippen LogP contribution in [0.25, 0.3) is 10.9 Å². The molecule has 0 saturated carbocycles. The van der Waals surface area contributed by atoms with Crippen molar-refractivity contribution in [3.63, 3.8) is 0 Å². The van der Waals surface area contributed by atoms with E-state index in [0.717, 1.165) is 19.4 Å². The number of nitrogens with one attached hydrogen (secondary N) is 2. The molecule has 3 heterocycles. The Hall–Kier alpha value is -2.39. The number of rotatable bonds is 6. The number of aromatic nitrogens is 2. The average molecular weight is 391 g/mol. The number of hydrogen-bond donors (Lipinski definition) is 2. The van der Waals surface area contributed by atoms with Crippen LogP contribution < -0.4 is 20.3 Å². The summed E-state index contributed by atoms with van der Waals surface area (Å²) in [6.45, 7) is 1.82. The number of benzene rings is 1. The summed E-state index contributed by atoms with van der Waals surface area (Å²) in [4.78, 5) is 27.8. The number of hydrogen-bond acceptors (Lipinski definition) is 6. The predicted molar refractivity (Wildman–Crippen MR) is 101 cm³/mol. The molecule has 0 radical (unpaired) electrons. The summed E-state index contributed by atoms with van der Waals surface area (Å²) < 4.78 is 18.0. The molecule has 0 unspecified atom stereocenters. The molecule has 2 N–H and O–H groups in total. The first-order chi connectivity index (χ1) is 13.1. The van der Waals surface area contributed by atoms with Crippen LogP contribution in [-0.2, 0) is 16.1 Å². The van der Waals surface area contributed by atoms with Gasteiger partial charge < -0.3 is 24.5 Å². The standard InChI is InChI=1S/C18H21N3O5S/c22-16(19-9-11-3-2-6-24-11)4-1-5-21-17(23)12-7-14-15(26-10-25-14)8-13(12)20-18(21)27/h7-8,11H,1-6,9-10H2,(H,19,22)(H,20,27)/t11-/m0/s1. The van der Waals surface area contributed by atoms with E-state index in [2.05, 4.69) is 10.3 Å². The molecule has 1 fully saturated rings. The van der Waals surface area contributed by atoms with Gasteiger partial charge in [0.05, 0.1) is 17.0 Å². The third-order valence-electron chi connectivity index (χ3n) is 4.81. The highest BCUT2D eigenvalue weighted by atomic mass is 32.1. The summed E-state index contributed by atoms with van der Waals surface area (Å²) in [7, 11) is 0. The van der Waals surface area contributed by atoms with Gasteiger partial charge in [-0.05, 0) is 37.5 Å². The number of amides is 1. The quantitative estimate of drug-likeness (QED) is 0.730. The van der Waals surface area contributed by atoms with Gasteiger partial charge in [0, 0.05) is 32.2 Å². The van der Waals surface area contributed by atoms with E-state index in [-0.39, 0.29) is 24.4 Å². The van der Waals surface area contributed by atoms with Gasteiger partial charge >= 0.3 is 0 Å². The first-order valence-electron chi connectivity index (χ1n) is 9.06. The molecule has 2 aliphatic rings. The first-order valence-corrected chi connectivity index (χ1v) is 9.47. The van der Waals surface area contributed by atoms with Crippen LogP contribution >= 0.6 is 12.2 Å². The highest BCUT2D eigenvalue weighted by Crippen LogP contribution is 2.34. The zero-order valence-electron chi connectivity index (χ0n) is 14.8. The first kappa shape index (κ1) is 18.0. The Bertz CT molecular complexity index is 977. The molecule has 1 atom stereocenters. The van der Waals surface area contributed by atoms with E-state index in [4.69, 9.17) is 26.4 Å². The molecular weight excluding hydrogens is 370 g/mol. The molecule has 144 valence electrons. The number of H-pyrrole nitrogens is 1. The number of nitrogens with zero attached hydrogens (tertiary/aromatic N) is 1. The second-order valence-corrected chi connectivity index (χ2v) is 7.07. The Balaban J connectivity index is 1.41. The molecule has 2 aliphatic heterocycles. The molecule has 1 aromatic carbocycles. The maximum Gasteiger partial charge on any atom is 0.262 e. The molecule has 1 aromatic heterocycles.